The van der Waals surface area contributed by atoms with E-state index in [-0.39, 0.29) is 28.7 Å². The lowest BCUT2D eigenvalue weighted by atomic mass is 9.97. The van der Waals surface area contributed by atoms with Crippen molar-refractivity contribution in [2.75, 3.05) is 18.2 Å². The molecule has 1 aliphatic carbocycles. The Morgan fingerprint density at radius 1 is 1.29 bits per heavy atom. The number of anilines is 1. The molecule has 0 bridgehead atoms. The number of nitrogens with one attached hydrogen (secondary N) is 1. The molecular weight excluding hydrogens is 548 g/mol. The number of ether oxygens (including phenoxy) is 1. The number of methoxy groups -OCH3 is 1. The number of carbonyl (C=O) groups is 1. The Labute approximate surface area is 230 Å². The zero-order valence-electron chi connectivity index (χ0n) is 20.6. The Morgan fingerprint density at radius 3 is 2.84 bits per heavy atom. The molecule has 0 radical (unpaired) electrons. The van der Waals surface area contributed by atoms with Crippen LogP contribution in [0.15, 0.2) is 46.3 Å². The summed E-state index contributed by atoms with van der Waals surface area (Å²) in [6.07, 6.45) is 3.92. The van der Waals surface area contributed by atoms with Crippen LogP contribution in [0.3, 0.4) is 0 Å². The molecule has 0 aliphatic heterocycles. The maximum Gasteiger partial charge on any atom is 0.273 e. The zero-order valence-corrected chi connectivity index (χ0v) is 23.0. The number of aryl methyl sites for hydroxylation is 2. The maximum atomic E-state index is 14.0. The number of fused-ring (bicyclic) bond motifs is 3. The van der Waals surface area contributed by atoms with Gasteiger partial charge in [-0.1, -0.05) is 29.4 Å². The number of nitro benzene ring substituents is 1. The number of amides is 1. The molecule has 0 unspecified atom stereocenters. The van der Waals surface area contributed by atoms with E-state index in [4.69, 9.17) is 21.3 Å². The van der Waals surface area contributed by atoms with Crippen LogP contribution in [-0.4, -0.2) is 33.2 Å². The van der Waals surface area contributed by atoms with Crippen LogP contribution >= 0.6 is 34.7 Å². The summed E-state index contributed by atoms with van der Waals surface area (Å²) in [6, 6.07) is 9.33. The van der Waals surface area contributed by atoms with Crippen LogP contribution in [0, 0.1) is 17.0 Å². The highest BCUT2D eigenvalue weighted by atomic mass is 35.5. The number of nitrogens with zero attached hydrogens (tertiary/aromatic N) is 3. The third-order valence-electron chi connectivity index (χ3n) is 6.44. The molecule has 0 saturated heterocycles. The van der Waals surface area contributed by atoms with Gasteiger partial charge in [0.05, 0.1) is 40.6 Å². The van der Waals surface area contributed by atoms with E-state index in [2.05, 4.69) is 5.32 Å². The number of benzene rings is 2. The van der Waals surface area contributed by atoms with E-state index in [1.54, 1.807) is 28.0 Å². The number of hydrogen-bond acceptors (Lipinski definition) is 8. The lowest BCUT2D eigenvalue weighted by molar-refractivity contribution is -0.384. The van der Waals surface area contributed by atoms with Gasteiger partial charge in [-0.25, -0.2) is 4.98 Å². The van der Waals surface area contributed by atoms with Crippen LogP contribution in [0.25, 0.3) is 15.9 Å². The summed E-state index contributed by atoms with van der Waals surface area (Å²) in [6.45, 7) is 1.85. The van der Waals surface area contributed by atoms with Crippen molar-refractivity contribution in [2.24, 2.45) is 0 Å². The zero-order chi connectivity index (χ0) is 27.0. The summed E-state index contributed by atoms with van der Waals surface area (Å²) in [7, 11) is 1.37. The van der Waals surface area contributed by atoms with E-state index in [0.717, 1.165) is 48.6 Å². The van der Waals surface area contributed by atoms with Gasteiger partial charge in [-0.2, -0.15) is 0 Å². The van der Waals surface area contributed by atoms with E-state index in [9.17, 15) is 19.7 Å². The van der Waals surface area contributed by atoms with Crippen LogP contribution in [-0.2, 0) is 17.6 Å². The lowest BCUT2D eigenvalue weighted by Gasteiger charge is -2.16. The van der Waals surface area contributed by atoms with Crippen molar-refractivity contribution in [3.8, 4) is 11.4 Å². The van der Waals surface area contributed by atoms with Crippen molar-refractivity contribution in [1.29, 1.82) is 0 Å². The standard InChI is InChI=1S/C26H23ClN4O5S2/c1-14-17(27)7-5-8-19(14)30-25(33)23-16-6-3-4-9-21(16)38-24(23)29-26(30)37-13-22(32)28-18-11-10-15(31(34)35)12-20(18)36-2/h5,7-8,10-12H,3-4,6,9,13H2,1-2H3,(H,28,32). The van der Waals surface area contributed by atoms with E-state index < -0.39 is 4.92 Å². The number of thiophene rings is 1. The fourth-order valence-corrected chi connectivity index (χ4v) is 6.82. The van der Waals surface area contributed by atoms with Gasteiger partial charge in [-0.05, 0) is 61.9 Å². The maximum absolute atomic E-state index is 14.0. The number of non-ortho nitro benzene ring substituents is 1. The smallest absolute Gasteiger partial charge is 0.273 e. The monoisotopic (exact) mass is 570 g/mol. The minimum atomic E-state index is -0.536. The molecule has 4 aromatic rings. The van der Waals surface area contributed by atoms with Gasteiger partial charge in [0, 0.05) is 16.0 Å². The Balaban J connectivity index is 1.51. The van der Waals surface area contributed by atoms with E-state index >= 15 is 0 Å². The summed E-state index contributed by atoms with van der Waals surface area (Å²) in [5.41, 5.74) is 2.44. The number of thioether (sulfide) groups is 1. The Hall–Kier alpha value is -3.41. The second kappa shape index (κ2) is 10.8. The van der Waals surface area contributed by atoms with Gasteiger partial charge in [0.15, 0.2) is 5.16 Å². The molecule has 2 aromatic carbocycles. The van der Waals surface area contributed by atoms with Gasteiger partial charge in [0.1, 0.15) is 10.6 Å². The lowest BCUT2D eigenvalue weighted by Crippen LogP contribution is -2.24. The van der Waals surface area contributed by atoms with E-state index in [0.29, 0.717) is 31.8 Å². The molecular formula is C26H23ClN4O5S2. The number of nitro groups is 1. The van der Waals surface area contributed by atoms with Crippen LogP contribution in [0.1, 0.15) is 28.8 Å². The topological polar surface area (TPSA) is 116 Å². The van der Waals surface area contributed by atoms with Crippen molar-refractivity contribution in [2.45, 2.75) is 37.8 Å². The third kappa shape index (κ3) is 4.89. The molecule has 12 heteroatoms. The Morgan fingerprint density at radius 2 is 2.08 bits per heavy atom. The van der Waals surface area contributed by atoms with Crippen molar-refractivity contribution in [3.05, 3.63) is 77.9 Å². The molecule has 2 aromatic heterocycles. The molecule has 0 spiro atoms. The highest BCUT2D eigenvalue weighted by molar-refractivity contribution is 7.99. The van der Waals surface area contributed by atoms with Crippen molar-refractivity contribution in [1.82, 2.24) is 9.55 Å². The fourth-order valence-electron chi connectivity index (χ4n) is 4.55. The highest BCUT2D eigenvalue weighted by Crippen LogP contribution is 2.36. The molecule has 0 fully saturated rings. The first-order chi connectivity index (χ1) is 18.3. The Bertz CT molecular complexity index is 1650. The van der Waals surface area contributed by atoms with Gasteiger partial charge in [-0.3, -0.25) is 24.3 Å². The van der Waals surface area contributed by atoms with Gasteiger partial charge in [-0.15, -0.1) is 11.3 Å². The first kappa shape index (κ1) is 26.2. The molecule has 196 valence electrons. The van der Waals surface area contributed by atoms with Crippen LogP contribution in [0.4, 0.5) is 11.4 Å². The second-order valence-corrected chi connectivity index (χ2v) is 11.2. The summed E-state index contributed by atoms with van der Waals surface area (Å²) < 4.78 is 6.76. The third-order valence-corrected chi connectivity index (χ3v) is 8.97. The first-order valence-electron chi connectivity index (χ1n) is 11.9. The molecule has 0 atom stereocenters. The fraction of sp³-hybridized carbons (Fsp3) is 0.269. The molecule has 1 N–H and O–H groups in total. The predicted molar refractivity (Wildman–Crippen MR) is 151 cm³/mol. The largest absolute Gasteiger partial charge is 0.494 e. The van der Waals surface area contributed by atoms with E-state index in [1.807, 2.05) is 13.0 Å². The number of hydrogen-bond donors (Lipinski definition) is 1. The minimum Gasteiger partial charge on any atom is -0.494 e. The van der Waals surface area contributed by atoms with Gasteiger partial charge in [0.25, 0.3) is 11.2 Å². The second-order valence-electron chi connectivity index (χ2n) is 8.79. The van der Waals surface area contributed by atoms with Crippen molar-refractivity contribution < 1.29 is 14.5 Å². The molecule has 38 heavy (non-hydrogen) atoms. The van der Waals surface area contributed by atoms with Crippen LogP contribution in [0.2, 0.25) is 5.02 Å². The SMILES string of the molecule is COc1cc([N+](=O)[O-])ccc1NC(=O)CSc1nc2sc3c(c2c(=O)n1-c1cccc(Cl)c1C)CCCC3. The number of halogens is 1. The first-order valence-corrected chi connectivity index (χ1v) is 14.0. The predicted octanol–water partition coefficient (Wildman–Crippen LogP) is 5.94. The Kier molecular flexibility index (Phi) is 7.42. The minimum absolute atomic E-state index is 0.0528. The summed E-state index contributed by atoms with van der Waals surface area (Å²) >= 11 is 9.08. The van der Waals surface area contributed by atoms with Crippen LogP contribution < -0.4 is 15.6 Å². The summed E-state index contributed by atoms with van der Waals surface area (Å²) in [5.74, 6) is -0.257. The quantitative estimate of drug-likeness (QED) is 0.126. The average Bonchev–Trinajstić information content (AvgIpc) is 3.28. The highest BCUT2D eigenvalue weighted by Gasteiger charge is 2.24. The summed E-state index contributed by atoms with van der Waals surface area (Å²) in [4.78, 5) is 44.1. The van der Waals surface area contributed by atoms with Crippen molar-refractivity contribution in [3.63, 3.8) is 0 Å². The average molecular weight is 571 g/mol. The summed E-state index contributed by atoms with van der Waals surface area (Å²) in [5, 5.41) is 15.3. The number of carbonyl (C=O) groups excluding carboxylic acids is 1. The normalized spacial score (nSPS) is 12.8. The van der Waals surface area contributed by atoms with Gasteiger partial charge in [0.2, 0.25) is 5.91 Å². The molecule has 1 amide bonds. The van der Waals surface area contributed by atoms with Gasteiger partial charge >= 0.3 is 0 Å². The number of aromatic nitrogens is 2. The molecule has 0 saturated carbocycles. The molecule has 1 aliphatic rings. The van der Waals surface area contributed by atoms with E-state index in [1.165, 1.54) is 30.2 Å². The molecule has 5 rings (SSSR count). The van der Waals surface area contributed by atoms with Crippen LogP contribution in [0.5, 0.6) is 5.75 Å². The molecule has 9 nitrogen and oxygen atoms in total. The number of rotatable bonds is 7. The van der Waals surface area contributed by atoms with Gasteiger partial charge < -0.3 is 10.1 Å². The molecule has 2 heterocycles. The van der Waals surface area contributed by atoms with Crippen molar-refractivity contribution >= 4 is 62.2 Å².